The number of rotatable bonds is 6. The quantitative estimate of drug-likeness (QED) is 0.773. The summed E-state index contributed by atoms with van der Waals surface area (Å²) in [6, 6.07) is 17.8. The van der Waals surface area contributed by atoms with Crippen LogP contribution in [0.5, 0.6) is 5.75 Å². The molecule has 2 N–H and O–H groups in total. The molecule has 2 aromatic rings. The molecule has 1 fully saturated rings. The number of piperidine rings is 1. The first-order chi connectivity index (χ1) is 14.5. The normalized spacial score (nSPS) is 18.8. The van der Waals surface area contributed by atoms with Gasteiger partial charge in [0.05, 0.1) is 12.1 Å². The van der Waals surface area contributed by atoms with Crippen molar-refractivity contribution in [1.29, 1.82) is 0 Å². The Bertz CT molecular complexity index is 892. The summed E-state index contributed by atoms with van der Waals surface area (Å²) in [6.45, 7) is 3.83. The van der Waals surface area contributed by atoms with Crippen molar-refractivity contribution in [2.75, 3.05) is 19.6 Å². The van der Waals surface area contributed by atoms with Crippen LogP contribution in [0.25, 0.3) is 0 Å². The molecule has 1 saturated heterocycles. The summed E-state index contributed by atoms with van der Waals surface area (Å²) >= 11 is 0. The molecule has 0 aromatic heterocycles. The van der Waals surface area contributed by atoms with E-state index in [0.717, 1.165) is 12.8 Å². The van der Waals surface area contributed by atoms with Gasteiger partial charge in [0.2, 0.25) is 5.91 Å². The Morgan fingerprint density at radius 3 is 2.60 bits per heavy atom. The van der Waals surface area contributed by atoms with Gasteiger partial charge in [-0.3, -0.25) is 14.5 Å². The molecular weight excluding hydrogens is 378 g/mol. The number of benzene rings is 2. The molecule has 30 heavy (non-hydrogen) atoms. The molecule has 2 aliphatic heterocycles. The first-order valence-corrected chi connectivity index (χ1v) is 10.7. The van der Waals surface area contributed by atoms with Crippen molar-refractivity contribution in [3.63, 3.8) is 0 Å². The number of para-hydroxylation sites is 1. The minimum absolute atomic E-state index is 0.0467. The van der Waals surface area contributed by atoms with Crippen molar-refractivity contribution >= 4 is 11.8 Å². The van der Waals surface area contributed by atoms with E-state index in [1.807, 2.05) is 36.4 Å². The third kappa shape index (κ3) is 4.82. The average molecular weight is 408 g/mol. The van der Waals surface area contributed by atoms with Gasteiger partial charge in [0.15, 0.2) is 5.72 Å². The van der Waals surface area contributed by atoms with Crippen molar-refractivity contribution in [2.45, 2.75) is 44.4 Å². The zero-order chi connectivity index (χ0) is 21.0. The summed E-state index contributed by atoms with van der Waals surface area (Å²) in [6.07, 6.45) is 3.18. The number of carbonyl (C=O) groups is 2. The third-order valence-electron chi connectivity index (χ3n) is 5.93. The lowest BCUT2D eigenvalue weighted by molar-refractivity contribution is -0.124. The van der Waals surface area contributed by atoms with Gasteiger partial charge < -0.3 is 15.4 Å². The maximum absolute atomic E-state index is 12.5. The van der Waals surface area contributed by atoms with Gasteiger partial charge in [-0.25, -0.2) is 0 Å². The molecule has 0 aliphatic carbocycles. The number of nitrogens with one attached hydrogen (secondary N) is 2. The van der Waals surface area contributed by atoms with E-state index in [0.29, 0.717) is 43.8 Å². The number of aryl methyl sites for hydroxylation is 1. The van der Waals surface area contributed by atoms with Crippen LogP contribution in [0.3, 0.4) is 0 Å². The number of likely N-dealkylation sites (tertiary alicyclic amines) is 1. The van der Waals surface area contributed by atoms with Crippen molar-refractivity contribution in [2.24, 2.45) is 0 Å². The van der Waals surface area contributed by atoms with E-state index in [2.05, 4.69) is 34.6 Å². The summed E-state index contributed by atoms with van der Waals surface area (Å²) in [5, 5.41) is 6.14. The third-order valence-corrected chi connectivity index (χ3v) is 5.93. The molecule has 0 unspecified atom stereocenters. The second-order valence-corrected chi connectivity index (χ2v) is 8.32. The Balaban J connectivity index is 1.23. The van der Waals surface area contributed by atoms with Gasteiger partial charge >= 0.3 is 0 Å². The number of amides is 2. The maximum atomic E-state index is 12.5. The highest BCUT2D eigenvalue weighted by Crippen LogP contribution is 2.33. The van der Waals surface area contributed by atoms with Crippen LogP contribution in [0.4, 0.5) is 0 Å². The van der Waals surface area contributed by atoms with E-state index in [4.69, 9.17) is 4.74 Å². The molecule has 2 aromatic carbocycles. The molecule has 2 aliphatic rings. The minimum Gasteiger partial charge on any atom is -0.467 e. The Hall–Kier alpha value is -2.86. The SMILES string of the molecule is C[C@@H](CCc1ccccc1)NC(=O)CN1CCC2(CC1)NC(=O)c1ccccc1O2. The molecule has 1 atom stereocenters. The number of carbonyl (C=O) groups excluding carboxylic acids is 2. The van der Waals surface area contributed by atoms with Crippen molar-refractivity contribution in [3.05, 3.63) is 65.7 Å². The molecular formula is C24H29N3O3. The molecule has 1 spiro atoms. The van der Waals surface area contributed by atoms with Gasteiger partial charge in [-0.15, -0.1) is 0 Å². The maximum Gasteiger partial charge on any atom is 0.258 e. The van der Waals surface area contributed by atoms with Crippen LogP contribution in [-0.2, 0) is 11.2 Å². The number of nitrogens with zero attached hydrogens (tertiary/aromatic N) is 1. The van der Waals surface area contributed by atoms with Crippen molar-refractivity contribution in [1.82, 2.24) is 15.5 Å². The standard InChI is InChI=1S/C24H29N3O3/c1-18(11-12-19-7-3-2-4-8-19)25-22(28)17-27-15-13-24(14-16-27)26-23(29)20-9-5-6-10-21(20)30-24/h2-10,18H,11-17H2,1H3,(H,25,28)(H,26,29)/t18-/m0/s1. The first-order valence-electron chi connectivity index (χ1n) is 10.7. The molecule has 2 heterocycles. The fraction of sp³-hybridized carbons (Fsp3) is 0.417. The van der Waals surface area contributed by atoms with E-state index >= 15 is 0 Å². The predicted molar refractivity (Wildman–Crippen MR) is 115 cm³/mol. The van der Waals surface area contributed by atoms with Crippen molar-refractivity contribution < 1.29 is 14.3 Å². The lowest BCUT2D eigenvalue weighted by atomic mass is 9.97. The summed E-state index contributed by atoms with van der Waals surface area (Å²) in [7, 11) is 0. The number of hydrogen-bond acceptors (Lipinski definition) is 4. The summed E-state index contributed by atoms with van der Waals surface area (Å²) in [5.74, 6) is 0.598. The largest absolute Gasteiger partial charge is 0.467 e. The zero-order valence-electron chi connectivity index (χ0n) is 17.4. The van der Waals surface area contributed by atoms with Crippen molar-refractivity contribution in [3.8, 4) is 5.75 Å². The summed E-state index contributed by atoms with van der Waals surface area (Å²) in [5.41, 5.74) is 1.20. The van der Waals surface area contributed by atoms with Crippen LogP contribution in [0.1, 0.15) is 42.1 Å². The van der Waals surface area contributed by atoms with Gasteiger partial charge in [-0.05, 0) is 37.5 Å². The fourth-order valence-corrected chi connectivity index (χ4v) is 4.18. The Morgan fingerprint density at radius 1 is 1.13 bits per heavy atom. The van der Waals surface area contributed by atoms with E-state index in [9.17, 15) is 9.59 Å². The highest BCUT2D eigenvalue weighted by atomic mass is 16.5. The van der Waals surface area contributed by atoms with E-state index in [1.165, 1.54) is 5.56 Å². The van der Waals surface area contributed by atoms with Gasteiger partial charge in [0.25, 0.3) is 5.91 Å². The highest BCUT2D eigenvalue weighted by molar-refractivity contribution is 5.98. The second-order valence-electron chi connectivity index (χ2n) is 8.32. The topological polar surface area (TPSA) is 70.7 Å². The Labute approximate surface area is 177 Å². The monoisotopic (exact) mass is 407 g/mol. The first kappa shape index (κ1) is 20.4. The van der Waals surface area contributed by atoms with Crippen LogP contribution in [0.15, 0.2) is 54.6 Å². The molecule has 158 valence electrons. The van der Waals surface area contributed by atoms with Crippen LogP contribution in [-0.4, -0.2) is 48.1 Å². The Morgan fingerprint density at radius 2 is 1.83 bits per heavy atom. The molecule has 0 saturated carbocycles. The van der Waals surface area contributed by atoms with E-state index < -0.39 is 5.72 Å². The van der Waals surface area contributed by atoms with Gasteiger partial charge in [0.1, 0.15) is 5.75 Å². The molecule has 6 nitrogen and oxygen atoms in total. The van der Waals surface area contributed by atoms with Crippen LogP contribution < -0.4 is 15.4 Å². The molecule has 6 heteroatoms. The second kappa shape index (κ2) is 8.88. The van der Waals surface area contributed by atoms with Gasteiger partial charge in [-0.1, -0.05) is 42.5 Å². The predicted octanol–water partition coefficient (Wildman–Crippen LogP) is 2.74. The van der Waals surface area contributed by atoms with Crippen LogP contribution in [0.2, 0.25) is 0 Å². The van der Waals surface area contributed by atoms with E-state index in [1.54, 1.807) is 6.07 Å². The smallest absolute Gasteiger partial charge is 0.258 e. The number of fused-ring (bicyclic) bond motifs is 1. The lowest BCUT2D eigenvalue weighted by Crippen LogP contribution is -2.61. The fourth-order valence-electron chi connectivity index (χ4n) is 4.18. The van der Waals surface area contributed by atoms with Crippen LogP contribution in [0, 0.1) is 0 Å². The van der Waals surface area contributed by atoms with Gasteiger partial charge in [-0.2, -0.15) is 0 Å². The zero-order valence-corrected chi connectivity index (χ0v) is 17.4. The summed E-state index contributed by atoms with van der Waals surface area (Å²) in [4.78, 5) is 27.0. The number of ether oxygens (including phenoxy) is 1. The molecule has 0 bridgehead atoms. The Kier molecular flexibility index (Phi) is 6.04. The minimum atomic E-state index is -0.665. The molecule has 4 rings (SSSR count). The summed E-state index contributed by atoms with van der Waals surface area (Å²) < 4.78 is 6.16. The van der Waals surface area contributed by atoms with Crippen LogP contribution >= 0.6 is 0 Å². The highest BCUT2D eigenvalue weighted by Gasteiger charge is 2.42. The lowest BCUT2D eigenvalue weighted by Gasteiger charge is -2.44. The number of hydrogen-bond donors (Lipinski definition) is 2. The average Bonchev–Trinajstić information content (AvgIpc) is 2.75. The molecule has 0 radical (unpaired) electrons. The molecule has 2 amide bonds. The van der Waals surface area contributed by atoms with Gasteiger partial charge in [0, 0.05) is 32.0 Å². The van der Waals surface area contributed by atoms with E-state index in [-0.39, 0.29) is 17.9 Å².